The monoisotopic (exact) mass is 602 g/mol. The van der Waals surface area contributed by atoms with Crippen LogP contribution < -0.4 is 19.4 Å². The van der Waals surface area contributed by atoms with E-state index in [1.165, 1.54) is 9.80 Å². The average Bonchev–Trinajstić information content (AvgIpc) is 3.44. The molecule has 6 rings (SSSR count). The Kier molecular flexibility index (Phi) is 7.80. The summed E-state index contributed by atoms with van der Waals surface area (Å²) < 4.78 is 5.30. The molecule has 0 unspecified atom stereocenters. The largest absolute Gasteiger partial charge is 0.497 e. The van der Waals surface area contributed by atoms with E-state index in [1.807, 2.05) is 56.3 Å². The summed E-state index contributed by atoms with van der Waals surface area (Å²) >= 11 is 0. The van der Waals surface area contributed by atoms with Crippen LogP contribution in [0.1, 0.15) is 26.5 Å². The Morgan fingerprint density at radius 3 is 2.33 bits per heavy atom. The number of nitrogens with zero attached hydrogens (tertiary/aromatic N) is 5. The van der Waals surface area contributed by atoms with Crippen LogP contribution in [0.2, 0.25) is 0 Å². The zero-order valence-corrected chi connectivity index (χ0v) is 25.6. The van der Waals surface area contributed by atoms with Crippen LogP contribution in [0.15, 0.2) is 97.3 Å². The number of para-hydroxylation sites is 3. The number of fused-ring (bicyclic) bond motifs is 2. The van der Waals surface area contributed by atoms with Crippen LogP contribution in [-0.4, -0.2) is 52.6 Å². The first-order valence-electron chi connectivity index (χ1n) is 14.8. The number of aromatic nitrogens is 3. The van der Waals surface area contributed by atoms with Gasteiger partial charge in [0.1, 0.15) is 17.7 Å². The number of hydrogen-bond donors (Lipinski definition) is 1. The van der Waals surface area contributed by atoms with Crippen molar-refractivity contribution in [2.24, 2.45) is 5.41 Å². The number of nitrogens with one attached hydrogen (secondary N) is 1. The van der Waals surface area contributed by atoms with Crippen molar-refractivity contribution in [2.45, 2.75) is 33.2 Å². The third-order valence-corrected chi connectivity index (χ3v) is 8.21. The second-order valence-corrected chi connectivity index (χ2v) is 11.5. The smallest absolute Gasteiger partial charge is 0.247 e. The molecule has 1 aliphatic heterocycles. The summed E-state index contributed by atoms with van der Waals surface area (Å²) in [6, 6.07) is 25.2. The van der Waals surface area contributed by atoms with Crippen molar-refractivity contribution >= 4 is 51.4 Å². The van der Waals surface area contributed by atoms with Gasteiger partial charge in [0, 0.05) is 35.4 Å². The van der Waals surface area contributed by atoms with Gasteiger partial charge >= 0.3 is 0 Å². The summed E-state index contributed by atoms with van der Waals surface area (Å²) in [6.45, 7) is 5.19. The van der Waals surface area contributed by atoms with E-state index in [1.54, 1.807) is 73.8 Å². The molecule has 5 aromatic rings. The van der Waals surface area contributed by atoms with Crippen molar-refractivity contribution in [1.82, 2.24) is 15.2 Å². The summed E-state index contributed by atoms with van der Waals surface area (Å²) in [7, 11) is 1.59. The summed E-state index contributed by atoms with van der Waals surface area (Å²) in [4.78, 5) is 52.7. The fourth-order valence-electron chi connectivity index (χ4n) is 5.97. The number of ether oxygens (including phenoxy) is 1. The van der Waals surface area contributed by atoms with Crippen LogP contribution in [0.25, 0.3) is 10.9 Å². The Bertz CT molecular complexity index is 1870. The molecule has 1 aliphatic rings. The molecule has 228 valence electrons. The number of hydrogen-bond acceptors (Lipinski definition) is 6. The van der Waals surface area contributed by atoms with Crippen molar-refractivity contribution in [3.8, 4) is 5.75 Å². The lowest BCUT2D eigenvalue weighted by molar-refractivity contribution is -0.139. The maximum Gasteiger partial charge on any atom is 0.247 e. The standard InChI is InChI=1S/C35H34N6O4/c1-23(2)40(24-15-17-26(45-4)18-16-24)32(42)22-39-30-13-7-8-14-31(30)41(25-10-9-19-36-21-25)34(44)35(3,33(39)43)20-29-27-11-5-6-12-28(27)37-38-29/h5-19,21,23H,20,22H2,1-4H3,(H,37,38)/t35-/m0/s1. The topological polar surface area (TPSA) is 112 Å². The molecular formula is C35H34N6O4. The highest BCUT2D eigenvalue weighted by Crippen LogP contribution is 2.44. The zero-order chi connectivity index (χ0) is 31.7. The van der Waals surface area contributed by atoms with Gasteiger partial charge in [-0.3, -0.25) is 34.3 Å². The predicted molar refractivity (Wildman–Crippen MR) is 174 cm³/mol. The molecule has 0 aliphatic carbocycles. The number of aromatic amines is 1. The van der Waals surface area contributed by atoms with Gasteiger partial charge in [0.05, 0.1) is 35.9 Å². The quantitative estimate of drug-likeness (QED) is 0.229. The van der Waals surface area contributed by atoms with E-state index in [2.05, 4.69) is 15.2 Å². The molecule has 0 bridgehead atoms. The minimum atomic E-state index is -1.62. The van der Waals surface area contributed by atoms with Crippen molar-refractivity contribution < 1.29 is 19.1 Å². The molecule has 0 fully saturated rings. The second-order valence-electron chi connectivity index (χ2n) is 11.5. The molecule has 0 radical (unpaired) electrons. The van der Waals surface area contributed by atoms with E-state index in [0.29, 0.717) is 34.2 Å². The fourth-order valence-corrected chi connectivity index (χ4v) is 5.97. The van der Waals surface area contributed by atoms with Crippen LogP contribution in [-0.2, 0) is 20.8 Å². The van der Waals surface area contributed by atoms with Crippen molar-refractivity contribution in [3.63, 3.8) is 0 Å². The summed E-state index contributed by atoms with van der Waals surface area (Å²) in [5, 5.41) is 8.28. The number of methoxy groups -OCH3 is 1. The van der Waals surface area contributed by atoms with Crippen LogP contribution in [0.3, 0.4) is 0 Å². The first-order valence-corrected chi connectivity index (χ1v) is 14.8. The highest BCUT2D eigenvalue weighted by Gasteiger charge is 2.51. The number of carbonyl (C=O) groups is 3. The van der Waals surface area contributed by atoms with Crippen molar-refractivity contribution in [1.29, 1.82) is 0 Å². The molecule has 10 nitrogen and oxygen atoms in total. The SMILES string of the molecule is COc1ccc(N(C(=O)CN2C(=O)[C@](C)(Cc3[nH]nc4ccccc34)C(=O)N(c3cccnc3)c3ccccc32)C(C)C)cc1. The maximum absolute atomic E-state index is 14.9. The van der Waals surface area contributed by atoms with E-state index < -0.39 is 17.2 Å². The van der Waals surface area contributed by atoms with Gasteiger partial charge in [0.2, 0.25) is 17.7 Å². The first-order chi connectivity index (χ1) is 21.7. The molecule has 10 heteroatoms. The summed E-state index contributed by atoms with van der Waals surface area (Å²) in [6.07, 6.45) is 3.26. The number of rotatable bonds is 8. The van der Waals surface area contributed by atoms with E-state index >= 15 is 0 Å². The van der Waals surface area contributed by atoms with Crippen molar-refractivity contribution in [2.75, 3.05) is 28.4 Å². The summed E-state index contributed by atoms with van der Waals surface area (Å²) in [5.41, 5.74) is 1.88. The molecule has 0 saturated heterocycles. The normalized spacial score (nSPS) is 16.6. The van der Waals surface area contributed by atoms with Gasteiger partial charge in [0.25, 0.3) is 0 Å². The Labute approximate surface area is 261 Å². The fraction of sp³-hybridized carbons (Fsp3) is 0.229. The number of H-pyrrole nitrogens is 1. The van der Waals surface area contributed by atoms with E-state index in [4.69, 9.17) is 4.74 Å². The third kappa shape index (κ3) is 5.28. The van der Waals surface area contributed by atoms with Crippen LogP contribution in [0.4, 0.5) is 22.7 Å². The van der Waals surface area contributed by atoms with Gasteiger partial charge in [-0.05, 0) is 75.4 Å². The number of benzene rings is 3. The molecule has 3 heterocycles. The highest BCUT2D eigenvalue weighted by atomic mass is 16.5. The Balaban J connectivity index is 1.48. The lowest BCUT2D eigenvalue weighted by Crippen LogP contribution is -2.53. The summed E-state index contributed by atoms with van der Waals surface area (Å²) in [5.74, 6) is -0.549. The number of carbonyl (C=O) groups excluding carboxylic acids is 3. The van der Waals surface area contributed by atoms with E-state index in [9.17, 15) is 14.4 Å². The Morgan fingerprint density at radius 1 is 0.933 bits per heavy atom. The predicted octanol–water partition coefficient (Wildman–Crippen LogP) is 5.67. The second kappa shape index (κ2) is 11.9. The van der Waals surface area contributed by atoms with Crippen molar-refractivity contribution in [3.05, 3.63) is 103 Å². The number of pyridine rings is 1. The lowest BCUT2D eigenvalue weighted by atomic mass is 9.81. The Hall–Kier alpha value is -5.51. The minimum absolute atomic E-state index is 0.0347. The molecule has 2 aromatic heterocycles. The van der Waals surface area contributed by atoms with Crippen LogP contribution >= 0.6 is 0 Å². The minimum Gasteiger partial charge on any atom is -0.497 e. The van der Waals surface area contributed by atoms with E-state index in [-0.39, 0.29) is 24.9 Å². The molecular weight excluding hydrogens is 568 g/mol. The maximum atomic E-state index is 14.9. The molecule has 0 spiro atoms. The van der Waals surface area contributed by atoms with Gasteiger partial charge in [-0.15, -0.1) is 0 Å². The third-order valence-electron chi connectivity index (χ3n) is 8.21. The van der Waals surface area contributed by atoms with Gasteiger partial charge in [-0.2, -0.15) is 5.10 Å². The molecule has 3 aromatic carbocycles. The van der Waals surface area contributed by atoms with Gasteiger partial charge < -0.3 is 9.64 Å². The lowest BCUT2D eigenvalue weighted by Gasteiger charge is -2.33. The number of anilines is 4. The average molecular weight is 603 g/mol. The molecule has 45 heavy (non-hydrogen) atoms. The van der Waals surface area contributed by atoms with Gasteiger partial charge in [-0.1, -0.05) is 30.3 Å². The van der Waals surface area contributed by atoms with E-state index in [0.717, 1.165) is 10.9 Å². The molecule has 1 atom stereocenters. The highest BCUT2D eigenvalue weighted by molar-refractivity contribution is 6.24. The van der Waals surface area contributed by atoms with Crippen LogP contribution in [0, 0.1) is 5.41 Å². The molecule has 1 N–H and O–H groups in total. The zero-order valence-electron chi connectivity index (χ0n) is 25.6. The first kappa shape index (κ1) is 29.6. The molecule has 0 saturated carbocycles. The van der Waals surface area contributed by atoms with Gasteiger partial charge in [0.15, 0.2) is 0 Å². The van der Waals surface area contributed by atoms with Crippen LogP contribution in [0.5, 0.6) is 5.75 Å². The number of amides is 3. The Morgan fingerprint density at radius 2 is 1.64 bits per heavy atom. The van der Waals surface area contributed by atoms with Gasteiger partial charge in [-0.25, -0.2) is 0 Å². The molecule has 3 amide bonds.